The number of hydrogen-bond donors (Lipinski definition) is 1. The molecule has 0 atom stereocenters. The van der Waals surface area contributed by atoms with Gasteiger partial charge in [-0.05, 0) is 0 Å². The predicted molar refractivity (Wildman–Crippen MR) is 42.0 cm³/mol. The van der Waals surface area contributed by atoms with Crippen LogP contribution >= 0.6 is 0 Å². The van der Waals surface area contributed by atoms with Gasteiger partial charge in [-0.25, -0.2) is 9.07 Å². The Hall–Kier alpha value is -1.46. The van der Waals surface area contributed by atoms with Gasteiger partial charge in [0.2, 0.25) is 0 Å². The third-order valence-corrected chi connectivity index (χ3v) is 1.59. The summed E-state index contributed by atoms with van der Waals surface area (Å²) in [6, 6.07) is 0. The maximum Gasteiger partial charge on any atom is 0.303 e. The zero-order valence-electron chi connectivity index (χ0n) is 6.98. The van der Waals surface area contributed by atoms with E-state index >= 15 is 0 Å². The van der Waals surface area contributed by atoms with E-state index in [9.17, 15) is 9.18 Å². The zero-order valence-corrected chi connectivity index (χ0v) is 6.98. The largest absolute Gasteiger partial charge is 0.481 e. The molecule has 0 radical (unpaired) electrons. The first-order chi connectivity index (χ1) is 6.24. The number of aliphatic carboxylic acids is 1. The summed E-state index contributed by atoms with van der Waals surface area (Å²) in [7, 11) is 0. The van der Waals surface area contributed by atoms with Gasteiger partial charge < -0.3 is 5.11 Å². The molecule has 0 aliphatic carbocycles. The van der Waals surface area contributed by atoms with Gasteiger partial charge >= 0.3 is 5.97 Å². The minimum Gasteiger partial charge on any atom is -0.481 e. The van der Waals surface area contributed by atoms with Gasteiger partial charge in [0.05, 0.1) is 24.9 Å². The highest BCUT2D eigenvalue weighted by molar-refractivity contribution is 5.66. The molecule has 0 aliphatic heterocycles. The first kappa shape index (κ1) is 9.63. The number of nitrogens with zero attached hydrogens (tertiary/aromatic N) is 3. The third-order valence-electron chi connectivity index (χ3n) is 1.59. The van der Waals surface area contributed by atoms with Crippen LogP contribution in [0, 0.1) is 0 Å². The van der Waals surface area contributed by atoms with Crippen molar-refractivity contribution in [1.82, 2.24) is 15.0 Å². The van der Waals surface area contributed by atoms with E-state index in [4.69, 9.17) is 5.11 Å². The van der Waals surface area contributed by atoms with Gasteiger partial charge in [0.1, 0.15) is 6.67 Å². The second kappa shape index (κ2) is 4.54. The smallest absolute Gasteiger partial charge is 0.303 e. The van der Waals surface area contributed by atoms with Gasteiger partial charge in [-0.1, -0.05) is 5.21 Å². The molecule has 13 heavy (non-hydrogen) atoms. The van der Waals surface area contributed by atoms with E-state index in [1.54, 1.807) is 0 Å². The van der Waals surface area contributed by atoms with Gasteiger partial charge in [0.15, 0.2) is 0 Å². The maximum atomic E-state index is 11.9. The lowest BCUT2D eigenvalue weighted by atomic mass is 10.2. The molecule has 1 aromatic heterocycles. The number of carboxylic acid groups (broad SMARTS) is 1. The molecule has 1 N–H and O–H groups in total. The lowest BCUT2D eigenvalue weighted by molar-refractivity contribution is -0.136. The molecule has 0 bridgehead atoms. The molecule has 0 aliphatic rings. The van der Waals surface area contributed by atoms with Crippen molar-refractivity contribution >= 4 is 5.97 Å². The highest BCUT2D eigenvalue weighted by Crippen LogP contribution is 2.00. The van der Waals surface area contributed by atoms with Crippen molar-refractivity contribution in [3.63, 3.8) is 0 Å². The molecule has 0 fully saturated rings. The number of carbonyl (C=O) groups is 1. The van der Waals surface area contributed by atoms with Crippen LogP contribution in [-0.2, 0) is 17.8 Å². The number of alkyl halides is 1. The molecule has 6 heteroatoms. The molecule has 72 valence electrons. The number of hydrogen-bond acceptors (Lipinski definition) is 3. The topological polar surface area (TPSA) is 68.0 Å². The molecular weight excluding hydrogens is 177 g/mol. The fourth-order valence-corrected chi connectivity index (χ4v) is 0.976. The van der Waals surface area contributed by atoms with E-state index in [1.807, 2.05) is 0 Å². The molecule has 1 aromatic rings. The van der Waals surface area contributed by atoms with Crippen molar-refractivity contribution in [2.75, 3.05) is 6.67 Å². The van der Waals surface area contributed by atoms with E-state index in [0.29, 0.717) is 12.1 Å². The molecule has 5 nitrogen and oxygen atoms in total. The van der Waals surface area contributed by atoms with Gasteiger partial charge in [-0.15, -0.1) is 5.10 Å². The van der Waals surface area contributed by atoms with Crippen LogP contribution in [0.3, 0.4) is 0 Å². The molecule has 1 rings (SSSR count). The van der Waals surface area contributed by atoms with Crippen LogP contribution in [-0.4, -0.2) is 32.7 Å². The Balaban J connectivity index is 2.54. The fourth-order valence-electron chi connectivity index (χ4n) is 0.976. The fraction of sp³-hybridized carbons (Fsp3) is 0.571. The molecule has 0 aromatic carbocycles. The Bertz CT molecular complexity index is 287. The first-order valence-electron chi connectivity index (χ1n) is 3.89. The number of halogens is 1. The quantitative estimate of drug-likeness (QED) is 0.718. The lowest BCUT2D eigenvalue weighted by Crippen LogP contribution is -2.08. The van der Waals surface area contributed by atoms with Crippen LogP contribution in [0.25, 0.3) is 0 Å². The molecule has 0 unspecified atom stereocenters. The summed E-state index contributed by atoms with van der Waals surface area (Å²) in [6.45, 7) is -0.390. The molecular formula is C7H10FN3O2. The summed E-state index contributed by atoms with van der Waals surface area (Å²) < 4.78 is 13.3. The highest BCUT2D eigenvalue weighted by Gasteiger charge is 2.05. The lowest BCUT2D eigenvalue weighted by Gasteiger charge is -2.00. The number of aromatic nitrogens is 3. The van der Waals surface area contributed by atoms with Gasteiger partial charge in [-0.2, -0.15) is 0 Å². The van der Waals surface area contributed by atoms with E-state index in [0.717, 1.165) is 0 Å². The normalized spacial score (nSPS) is 10.2. The SMILES string of the molecule is O=C(O)CCc1cnnn1CCF. The average molecular weight is 187 g/mol. The molecule has 1 heterocycles. The summed E-state index contributed by atoms with van der Waals surface area (Å²) in [6.07, 6.45) is 1.81. The second-order valence-electron chi connectivity index (χ2n) is 2.53. The summed E-state index contributed by atoms with van der Waals surface area (Å²) in [5.41, 5.74) is 0.653. The standard InChI is InChI=1S/C7H10FN3O2/c8-3-4-11-6(5-9-10-11)1-2-7(12)13/h5H,1-4H2,(H,12,13). The Morgan fingerprint density at radius 2 is 2.46 bits per heavy atom. The van der Waals surface area contributed by atoms with Crippen molar-refractivity contribution in [3.8, 4) is 0 Å². The van der Waals surface area contributed by atoms with Crippen LogP contribution in [0.5, 0.6) is 0 Å². The van der Waals surface area contributed by atoms with Crippen molar-refractivity contribution in [1.29, 1.82) is 0 Å². The van der Waals surface area contributed by atoms with Crippen LogP contribution in [0.1, 0.15) is 12.1 Å². The second-order valence-corrected chi connectivity index (χ2v) is 2.53. The monoisotopic (exact) mass is 187 g/mol. The minimum absolute atomic E-state index is 0.0136. The van der Waals surface area contributed by atoms with Crippen LogP contribution in [0.2, 0.25) is 0 Å². The van der Waals surface area contributed by atoms with Crippen molar-refractivity contribution in [2.45, 2.75) is 19.4 Å². The van der Waals surface area contributed by atoms with E-state index in [2.05, 4.69) is 10.3 Å². The molecule has 0 saturated carbocycles. The Morgan fingerprint density at radius 1 is 1.69 bits per heavy atom. The summed E-state index contributed by atoms with van der Waals surface area (Å²) in [5.74, 6) is -0.881. The zero-order chi connectivity index (χ0) is 9.68. The Kier molecular flexibility index (Phi) is 3.36. The van der Waals surface area contributed by atoms with Crippen molar-refractivity contribution < 1.29 is 14.3 Å². The van der Waals surface area contributed by atoms with Gasteiger partial charge in [-0.3, -0.25) is 4.79 Å². The maximum absolute atomic E-state index is 11.9. The average Bonchev–Trinajstić information content (AvgIpc) is 2.49. The van der Waals surface area contributed by atoms with Gasteiger partial charge in [0, 0.05) is 6.42 Å². The molecule has 0 spiro atoms. The van der Waals surface area contributed by atoms with E-state index < -0.39 is 12.6 Å². The summed E-state index contributed by atoms with van der Waals surface area (Å²) in [4.78, 5) is 10.2. The van der Waals surface area contributed by atoms with E-state index in [-0.39, 0.29) is 13.0 Å². The number of aryl methyl sites for hydroxylation is 2. The number of rotatable bonds is 5. The Morgan fingerprint density at radius 3 is 3.08 bits per heavy atom. The number of carboxylic acids is 1. The Labute approximate surface area is 74.2 Å². The molecule has 0 saturated heterocycles. The van der Waals surface area contributed by atoms with Gasteiger partial charge in [0.25, 0.3) is 0 Å². The van der Waals surface area contributed by atoms with Crippen molar-refractivity contribution in [3.05, 3.63) is 11.9 Å². The summed E-state index contributed by atoms with van der Waals surface area (Å²) in [5, 5.41) is 15.6. The highest BCUT2D eigenvalue weighted by atomic mass is 19.1. The summed E-state index contributed by atoms with van der Waals surface area (Å²) >= 11 is 0. The van der Waals surface area contributed by atoms with Crippen molar-refractivity contribution in [2.24, 2.45) is 0 Å². The third kappa shape index (κ3) is 2.81. The van der Waals surface area contributed by atoms with Crippen LogP contribution in [0.4, 0.5) is 4.39 Å². The minimum atomic E-state index is -0.881. The van der Waals surface area contributed by atoms with Crippen LogP contribution in [0.15, 0.2) is 6.20 Å². The first-order valence-corrected chi connectivity index (χ1v) is 3.89. The predicted octanol–water partition coefficient (Wildman–Crippen LogP) is 0.265. The molecule has 0 amide bonds. The van der Waals surface area contributed by atoms with Crippen LogP contribution < -0.4 is 0 Å². The van der Waals surface area contributed by atoms with E-state index in [1.165, 1.54) is 10.9 Å².